The number of amides is 2. The second-order valence-electron chi connectivity index (χ2n) is 5.59. The highest BCUT2D eigenvalue weighted by atomic mass is 35.5. The van der Waals surface area contributed by atoms with Crippen molar-refractivity contribution in [1.29, 1.82) is 0 Å². The summed E-state index contributed by atoms with van der Waals surface area (Å²) in [4.78, 5) is 24.2. The highest BCUT2D eigenvalue weighted by Gasteiger charge is 2.30. The molecule has 0 aliphatic rings. The van der Waals surface area contributed by atoms with Gasteiger partial charge in [0.25, 0.3) is 5.91 Å². The molecule has 1 unspecified atom stereocenters. The SMILES string of the molecule is CC(NC(=O)c1ccccc1Cl)C(=O)NCc1cccc(C(F)(F)F)c1. The lowest BCUT2D eigenvalue weighted by molar-refractivity contribution is -0.137. The Morgan fingerprint density at radius 1 is 1.12 bits per heavy atom. The topological polar surface area (TPSA) is 58.2 Å². The van der Waals surface area contributed by atoms with Crippen molar-refractivity contribution in [3.05, 3.63) is 70.2 Å². The summed E-state index contributed by atoms with van der Waals surface area (Å²) in [6, 6.07) is 10.2. The Labute approximate surface area is 153 Å². The summed E-state index contributed by atoms with van der Waals surface area (Å²) < 4.78 is 38.1. The van der Waals surface area contributed by atoms with Gasteiger partial charge in [-0.2, -0.15) is 13.2 Å². The van der Waals surface area contributed by atoms with Gasteiger partial charge in [0.2, 0.25) is 5.91 Å². The van der Waals surface area contributed by atoms with Crippen LogP contribution in [-0.4, -0.2) is 17.9 Å². The van der Waals surface area contributed by atoms with Gasteiger partial charge < -0.3 is 10.6 Å². The van der Waals surface area contributed by atoms with Crippen LogP contribution in [0.2, 0.25) is 5.02 Å². The van der Waals surface area contributed by atoms with Gasteiger partial charge in [-0.25, -0.2) is 0 Å². The van der Waals surface area contributed by atoms with Gasteiger partial charge in [-0.1, -0.05) is 35.9 Å². The summed E-state index contributed by atoms with van der Waals surface area (Å²) in [6.45, 7) is 1.38. The van der Waals surface area contributed by atoms with E-state index in [0.717, 1.165) is 12.1 Å². The summed E-state index contributed by atoms with van der Waals surface area (Å²) >= 11 is 5.92. The van der Waals surface area contributed by atoms with Crippen LogP contribution in [0.4, 0.5) is 13.2 Å². The van der Waals surface area contributed by atoms with Gasteiger partial charge in [0.1, 0.15) is 6.04 Å². The molecule has 8 heteroatoms. The molecule has 1 atom stereocenters. The maximum Gasteiger partial charge on any atom is 0.416 e. The molecule has 2 N–H and O–H groups in total. The zero-order chi connectivity index (χ0) is 19.3. The normalized spacial score (nSPS) is 12.3. The number of nitrogens with one attached hydrogen (secondary N) is 2. The van der Waals surface area contributed by atoms with Crippen molar-refractivity contribution in [2.75, 3.05) is 0 Å². The predicted molar refractivity (Wildman–Crippen MR) is 91.7 cm³/mol. The predicted octanol–water partition coefficient (Wildman–Crippen LogP) is 3.79. The molecule has 0 heterocycles. The van der Waals surface area contributed by atoms with E-state index >= 15 is 0 Å². The van der Waals surface area contributed by atoms with E-state index in [-0.39, 0.29) is 17.1 Å². The molecule has 0 fully saturated rings. The molecule has 0 radical (unpaired) electrons. The average Bonchev–Trinajstić information content (AvgIpc) is 2.59. The molecule has 2 rings (SSSR count). The number of alkyl halides is 3. The summed E-state index contributed by atoms with van der Waals surface area (Å²) in [7, 11) is 0. The fourth-order valence-electron chi connectivity index (χ4n) is 2.19. The minimum atomic E-state index is -4.45. The molecule has 0 saturated heterocycles. The van der Waals surface area contributed by atoms with Gasteiger partial charge in [0, 0.05) is 6.54 Å². The molecule has 2 aromatic carbocycles. The Morgan fingerprint density at radius 2 is 1.81 bits per heavy atom. The Kier molecular flexibility index (Phi) is 6.26. The quantitative estimate of drug-likeness (QED) is 0.824. The van der Waals surface area contributed by atoms with Crippen LogP contribution in [0, 0.1) is 0 Å². The second kappa shape index (κ2) is 8.23. The van der Waals surface area contributed by atoms with Crippen molar-refractivity contribution < 1.29 is 22.8 Å². The number of hydrogen-bond donors (Lipinski definition) is 2. The Morgan fingerprint density at radius 3 is 2.46 bits per heavy atom. The van der Waals surface area contributed by atoms with E-state index < -0.39 is 29.6 Å². The Bertz CT molecular complexity index is 809. The highest BCUT2D eigenvalue weighted by molar-refractivity contribution is 6.33. The number of carbonyl (C=O) groups excluding carboxylic acids is 2. The van der Waals surface area contributed by atoms with Gasteiger partial charge in [-0.05, 0) is 36.8 Å². The van der Waals surface area contributed by atoms with Gasteiger partial charge in [0.05, 0.1) is 16.1 Å². The van der Waals surface area contributed by atoms with Crippen molar-refractivity contribution in [1.82, 2.24) is 10.6 Å². The number of benzene rings is 2. The molecule has 0 aromatic heterocycles. The molecule has 0 aliphatic carbocycles. The molecule has 138 valence electrons. The van der Waals surface area contributed by atoms with Crippen LogP contribution in [0.1, 0.15) is 28.4 Å². The third-order valence-electron chi connectivity index (χ3n) is 3.58. The van der Waals surface area contributed by atoms with Crippen molar-refractivity contribution in [3.63, 3.8) is 0 Å². The average molecular weight is 385 g/mol. The second-order valence-corrected chi connectivity index (χ2v) is 6.00. The number of rotatable bonds is 5. The molecule has 0 bridgehead atoms. The van der Waals surface area contributed by atoms with E-state index in [1.807, 2.05) is 0 Å². The molecule has 4 nitrogen and oxygen atoms in total. The van der Waals surface area contributed by atoms with E-state index in [1.165, 1.54) is 25.1 Å². The summed E-state index contributed by atoms with van der Waals surface area (Å²) in [5.74, 6) is -1.04. The maximum absolute atomic E-state index is 12.7. The summed E-state index contributed by atoms with van der Waals surface area (Å²) in [5, 5.41) is 5.24. The molecule has 2 amide bonds. The van der Waals surface area contributed by atoms with Crippen LogP contribution in [0.25, 0.3) is 0 Å². The van der Waals surface area contributed by atoms with Crippen molar-refractivity contribution in [3.8, 4) is 0 Å². The first-order valence-corrected chi connectivity index (χ1v) is 8.05. The zero-order valence-corrected chi connectivity index (χ0v) is 14.5. The Hall–Kier alpha value is -2.54. The van der Waals surface area contributed by atoms with Crippen LogP contribution >= 0.6 is 11.6 Å². The molecule has 0 spiro atoms. The Balaban J connectivity index is 1.94. The van der Waals surface area contributed by atoms with Crippen molar-refractivity contribution in [2.24, 2.45) is 0 Å². The van der Waals surface area contributed by atoms with Crippen molar-refractivity contribution >= 4 is 23.4 Å². The minimum absolute atomic E-state index is 0.0882. The number of halogens is 4. The molecular formula is C18H16ClF3N2O2. The first-order valence-electron chi connectivity index (χ1n) is 7.67. The lowest BCUT2D eigenvalue weighted by Crippen LogP contribution is -2.44. The number of hydrogen-bond acceptors (Lipinski definition) is 2. The standard InChI is InChI=1S/C18H16ClF3N2O2/c1-11(24-17(26)14-7-2-3-8-15(14)19)16(25)23-10-12-5-4-6-13(9-12)18(20,21)22/h2-9,11H,10H2,1H3,(H,23,25)(H,24,26). The van der Waals surface area contributed by atoms with E-state index in [0.29, 0.717) is 5.56 Å². The van der Waals surface area contributed by atoms with Crippen molar-refractivity contribution in [2.45, 2.75) is 25.7 Å². The monoisotopic (exact) mass is 384 g/mol. The third kappa shape index (κ3) is 5.23. The third-order valence-corrected chi connectivity index (χ3v) is 3.91. The lowest BCUT2D eigenvalue weighted by atomic mass is 10.1. The van der Waals surface area contributed by atoms with Crippen LogP contribution in [-0.2, 0) is 17.5 Å². The van der Waals surface area contributed by atoms with Crippen LogP contribution in [0.3, 0.4) is 0 Å². The molecular weight excluding hydrogens is 369 g/mol. The fourth-order valence-corrected chi connectivity index (χ4v) is 2.41. The van der Waals surface area contributed by atoms with Gasteiger partial charge in [-0.15, -0.1) is 0 Å². The van der Waals surface area contributed by atoms with E-state index in [9.17, 15) is 22.8 Å². The van der Waals surface area contributed by atoms with E-state index in [2.05, 4.69) is 10.6 Å². The van der Waals surface area contributed by atoms with E-state index in [1.54, 1.807) is 18.2 Å². The van der Waals surface area contributed by atoms with Crippen LogP contribution < -0.4 is 10.6 Å². The van der Waals surface area contributed by atoms with E-state index in [4.69, 9.17) is 11.6 Å². The first kappa shape index (κ1) is 19.8. The minimum Gasteiger partial charge on any atom is -0.350 e. The highest BCUT2D eigenvalue weighted by Crippen LogP contribution is 2.29. The van der Waals surface area contributed by atoms with Crippen LogP contribution in [0.5, 0.6) is 0 Å². The van der Waals surface area contributed by atoms with Gasteiger partial charge in [-0.3, -0.25) is 9.59 Å². The molecule has 2 aromatic rings. The maximum atomic E-state index is 12.7. The zero-order valence-electron chi connectivity index (χ0n) is 13.7. The summed E-state index contributed by atoms with van der Waals surface area (Å²) in [5.41, 5.74) is -0.256. The largest absolute Gasteiger partial charge is 0.416 e. The first-order chi connectivity index (χ1) is 12.2. The van der Waals surface area contributed by atoms with Gasteiger partial charge >= 0.3 is 6.18 Å². The number of carbonyl (C=O) groups is 2. The smallest absolute Gasteiger partial charge is 0.350 e. The molecule has 0 saturated carbocycles. The molecule has 26 heavy (non-hydrogen) atoms. The molecule has 0 aliphatic heterocycles. The van der Waals surface area contributed by atoms with Crippen LogP contribution in [0.15, 0.2) is 48.5 Å². The lowest BCUT2D eigenvalue weighted by Gasteiger charge is -2.15. The van der Waals surface area contributed by atoms with Gasteiger partial charge in [0.15, 0.2) is 0 Å². The summed E-state index contributed by atoms with van der Waals surface area (Å²) in [6.07, 6.45) is -4.45. The fraction of sp³-hybridized carbons (Fsp3) is 0.222.